The quantitative estimate of drug-likeness (QED) is 0.472. The van der Waals surface area contributed by atoms with Gasteiger partial charge in [0.15, 0.2) is 0 Å². The molecule has 0 aromatic carbocycles. The summed E-state index contributed by atoms with van der Waals surface area (Å²) in [5.74, 6) is 2.11. The molecule has 0 aliphatic heterocycles. The Morgan fingerprint density at radius 2 is 2.38 bits per heavy atom. The molecule has 1 atom stereocenters. The first-order chi connectivity index (χ1) is 3.85. The number of carbonyl (C=O) groups is 1. The van der Waals surface area contributed by atoms with E-state index in [4.69, 9.17) is 0 Å². The molecule has 0 radical (unpaired) electrons. The van der Waals surface area contributed by atoms with Crippen molar-refractivity contribution in [3.8, 4) is 0 Å². The van der Waals surface area contributed by atoms with Crippen molar-refractivity contribution in [2.24, 2.45) is 0 Å². The van der Waals surface area contributed by atoms with Gasteiger partial charge in [-0.3, -0.25) is 0 Å². The van der Waals surface area contributed by atoms with Crippen LogP contribution in [0.15, 0.2) is 0 Å². The van der Waals surface area contributed by atoms with Crippen LogP contribution in [-0.2, 0) is 4.79 Å². The maximum atomic E-state index is 10.1. The summed E-state index contributed by atoms with van der Waals surface area (Å²) < 4.78 is 0. The number of hydrogen-bond donors (Lipinski definition) is 0. The van der Waals surface area contributed by atoms with Crippen LogP contribution in [0, 0.1) is 0 Å². The molecule has 8 heavy (non-hydrogen) atoms. The molecule has 0 aromatic heterocycles. The van der Waals surface area contributed by atoms with Gasteiger partial charge in [0.2, 0.25) is 0 Å². The topological polar surface area (TPSA) is 17.1 Å². The minimum absolute atomic E-state index is 0.382. The molecule has 0 amide bonds. The van der Waals surface area contributed by atoms with E-state index in [1.54, 1.807) is 0 Å². The molecule has 1 unspecified atom stereocenters. The average Bonchev–Trinajstić information content (AvgIpc) is 1.83. The van der Waals surface area contributed by atoms with Gasteiger partial charge in [-0.25, -0.2) is 0 Å². The Morgan fingerprint density at radius 3 is 2.50 bits per heavy atom. The fourth-order valence-corrected chi connectivity index (χ4v) is 1.75. The van der Waals surface area contributed by atoms with E-state index in [1.807, 2.05) is 0 Å². The summed E-state index contributed by atoms with van der Waals surface area (Å²) in [7, 11) is 0. The summed E-state index contributed by atoms with van der Waals surface area (Å²) in [6.45, 7) is 2.11. The van der Waals surface area contributed by atoms with Crippen molar-refractivity contribution in [3.05, 3.63) is 0 Å². The van der Waals surface area contributed by atoms with Crippen molar-refractivity contribution in [2.75, 3.05) is 0 Å². The second-order valence-electron chi connectivity index (χ2n) is 1.70. The molecular formula is C6H12OSe. The average molecular weight is 179 g/mol. The van der Waals surface area contributed by atoms with Crippen molar-refractivity contribution in [2.45, 2.75) is 30.4 Å². The van der Waals surface area contributed by atoms with Gasteiger partial charge in [-0.1, -0.05) is 0 Å². The van der Waals surface area contributed by atoms with Gasteiger partial charge in [-0.15, -0.1) is 0 Å². The Morgan fingerprint density at radius 1 is 1.75 bits per heavy atom. The zero-order valence-corrected chi connectivity index (χ0v) is 7.10. The third kappa shape index (κ3) is 3.22. The van der Waals surface area contributed by atoms with Crippen LogP contribution in [0.5, 0.6) is 0 Å². The minimum atomic E-state index is 0.382. The van der Waals surface area contributed by atoms with E-state index in [2.05, 4.69) is 12.7 Å². The van der Waals surface area contributed by atoms with E-state index in [0.717, 1.165) is 19.1 Å². The molecule has 0 spiro atoms. The zero-order chi connectivity index (χ0) is 6.41. The van der Waals surface area contributed by atoms with Gasteiger partial charge in [0.05, 0.1) is 0 Å². The van der Waals surface area contributed by atoms with Crippen LogP contribution in [0.3, 0.4) is 0 Å². The standard InChI is InChI=1S/C6H12OSe/c1-3-4-6(5-7)8-2/h5-6H,3-4H2,1-2H3. The second-order valence-corrected chi connectivity index (χ2v) is 3.96. The Bertz CT molecular complexity index is 63.5. The van der Waals surface area contributed by atoms with Crippen LogP contribution in [0.2, 0.25) is 10.6 Å². The van der Waals surface area contributed by atoms with Crippen LogP contribution < -0.4 is 0 Å². The fraction of sp³-hybridized carbons (Fsp3) is 0.833. The number of rotatable bonds is 4. The molecule has 0 heterocycles. The van der Waals surface area contributed by atoms with Crippen LogP contribution in [0.25, 0.3) is 0 Å². The van der Waals surface area contributed by atoms with Gasteiger partial charge in [0.25, 0.3) is 0 Å². The predicted octanol–water partition coefficient (Wildman–Crippen LogP) is 1.53. The van der Waals surface area contributed by atoms with Crippen molar-refractivity contribution < 1.29 is 4.79 Å². The summed E-state index contributed by atoms with van der Waals surface area (Å²) in [6, 6.07) is 0. The molecule has 0 saturated heterocycles. The molecular weight excluding hydrogens is 167 g/mol. The normalized spacial score (nSPS) is 13.2. The number of carbonyl (C=O) groups excluding carboxylic acids is 1. The van der Waals surface area contributed by atoms with Crippen LogP contribution in [0.4, 0.5) is 0 Å². The van der Waals surface area contributed by atoms with E-state index in [9.17, 15) is 4.79 Å². The van der Waals surface area contributed by atoms with Crippen LogP contribution in [-0.4, -0.2) is 21.2 Å². The summed E-state index contributed by atoms with van der Waals surface area (Å²) >= 11 is 0.526. The Kier molecular flexibility index (Phi) is 5.45. The molecule has 0 rings (SSSR count). The van der Waals surface area contributed by atoms with Gasteiger partial charge in [0.1, 0.15) is 0 Å². The molecule has 1 nitrogen and oxygen atoms in total. The van der Waals surface area contributed by atoms with E-state index in [0.29, 0.717) is 19.8 Å². The molecule has 0 saturated carbocycles. The van der Waals surface area contributed by atoms with E-state index in [1.165, 1.54) is 0 Å². The molecule has 0 aromatic rings. The first kappa shape index (κ1) is 8.19. The molecule has 0 N–H and O–H groups in total. The van der Waals surface area contributed by atoms with Crippen LogP contribution >= 0.6 is 0 Å². The molecule has 2 heteroatoms. The molecule has 0 aliphatic carbocycles. The van der Waals surface area contributed by atoms with E-state index < -0.39 is 0 Å². The predicted molar refractivity (Wildman–Crippen MR) is 36.3 cm³/mol. The zero-order valence-electron chi connectivity index (χ0n) is 5.39. The van der Waals surface area contributed by atoms with Gasteiger partial charge >= 0.3 is 56.4 Å². The molecule has 0 bridgehead atoms. The second kappa shape index (κ2) is 5.33. The van der Waals surface area contributed by atoms with Gasteiger partial charge < -0.3 is 0 Å². The first-order valence-corrected chi connectivity index (χ1v) is 5.53. The van der Waals surface area contributed by atoms with Crippen molar-refractivity contribution >= 4 is 21.2 Å². The molecule has 48 valence electrons. The summed E-state index contributed by atoms with van der Waals surface area (Å²) in [5, 5.41) is 0. The Labute approximate surface area is 57.0 Å². The van der Waals surface area contributed by atoms with Crippen LogP contribution in [0.1, 0.15) is 19.8 Å². The number of hydrogen-bond acceptors (Lipinski definition) is 1. The van der Waals surface area contributed by atoms with Gasteiger partial charge in [0, 0.05) is 0 Å². The molecule has 0 aliphatic rings. The van der Waals surface area contributed by atoms with Gasteiger partial charge in [-0.05, 0) is 0 Å². The first-order valence-electron chi connectivity index (χ1n) is 2.83. The van der Waals surface area contributed by atoms with Crippen molar-refractivity contribution in [1.82, 2.24) is 0 Å². The Hall–Kier alpha value is 0.189. The Balaban J connectivity index is 3.21. The van der Waals surface area contributed by atoms with Gasteiger partial charge in [-0.2, -0.15) is 0 Å². The summed E-state index contributed by atoms with van der Waals surface area (Å²) in [6.07, 6.45) is 3.31. The summed E-state index contributed by atoms with van der Waals surface area (Å²) in [5.41, 5.74) is 0. The van der Waals surface area contributed by atoms with Crippen molar-refractivity contribution in [1.29, 1.82) is 0 Å². The van der Waals surface area contributed by atoms with E-state index in [-0.39, 0.29) is 0 Å². The third-order valence-corrected chi connectivity index (χ3v) is 3.03. The fourth-order valence-electron chi connectivity index (χ4n) is 0.526. The third-order valence-electron chi connectivity index (χ3n) is 1.03. The van der Waals surface area contributed by atoms with E-state index >= 15 is 0 Å². The SMILES string of the molecule is CCCC(C=O)[Se]C. The van der Waals surface area contributed by atoms with Crippen molar-refractivity contribution in [3.63, 3.8) is 0 Å². The monoisotopic (exact) mass is 180 g/mol. The number of aldehydes is 1. The summed E-state index contributed by atoms with van der Waals surface area (Å²) in [4.78, 5) is 10.5. The molecule has 0 fully saturated rings. The maximum absolute atomic E-state index is 10.1.